The van der Waals surface area contributed by atoms with Crippen molar-refractivity contribution >= 4 is 30.5 Å². The first-order chi connectivity index (χ1) is 8.00. The minimum Gasteiger partial charge on any atom is -0.418 e. The van der Waals surface area contributed by atoms with Gasteiger partial charge in [-0.2, -0.15) is 0 Å². The average Bonchev–Trinajstić information content (AvgIpc) is 1.62. The van der Waals surface area contributed by atoms with Crippen LogP contribution < -0.4 is 0 Å². The third kappa shape index (κ3) is 45100. The van der Waals surface area contributed by atoms with Crippen LogP contribution in [0.15, 0.2) is 0 Å². The van der Waals surface area contributed by atoms with Crippen molar-refractivity contribution in [3.8, 4) is 0 Å². The Morgan fingerprint density at radius 3 is 0.550 bits per heavy atom. The van der Waals surface area contributed by atoms with E-state index in [1.54, 1.807) is 0 Å². The topological polar surface area (TPSA) is 74.6 Å². The number of hydrogen-bond acceptors (Lipinski definition) is 2. The van der Waals surface area contributed by atoms with E-state index in [4.69, 9.17) is 18.9 Å². The van der Waals surface area contributed by atoms with Gasteiger partial charge in [-0.1, -0.05) is 0 Å². The van der Waals surface area contributed by atoms with Crippen molar-refractivity contribution in [2.75, 3.05) is 0 Å². The lowest BCUT2D eigenvalue weighted by molar-refractivity contribution is 0.366. The van der Waals surface area contributed by atoms with Crippen LogP contribution in [-0.2, 0) is 9.13 Å². The smallest absolute Gasteiger partial charge is 0.418 e. The summed E-state index contributed by atoms with van der Waals surface area (Å²) in [5.74, 6) is 0. The molecule has 0 aliphatic carbocycles. The van der Waals surface area contributed by atoms with E-state index in [0.717, 1.165) is 0 Å². The zero-order valence-corrected chi connectivity index (χ0v) is 10.1. The summed E-state index contributed by atoms with van der Waals surface area (Å²) in [5, 5.41) is 0. The molecule has 0 aliphatic heterocycles. The van der Waals surface area contributed by atoms with Gasteiger partial charge in [-0.3, -0.25) is 9.79 Å². The largest absolute Gasteiger partial charge is 0.673 e. The quantitative estimate of drug-likeness (QED) is 0.366. The van der Waals surface area contributed by atoms with Gasteiger partial charge in [-0.15, -0.1) is 16.8 Å². The lowest BCUT2D eigenvalue weighted by atomic mass is 10.3. The molecule has 0 heterocycles. The Balaban J connectivity index is -0.0000000853. The second-order valence-electron chi connectivity index (χ2n) is 1.86. The van der Waals surface area contributed by atoms with Crippen molar-refractivity contribution in [3.05, 3.63) is 0 Å². The summed E-state index contributed by atoms with van der Waals surface area (Å²) in [6.45, 7) is 0. The summed E-state index contributed by atoms with van der Waals surface area (Å²) in [5.41, 5.74) is 0. The summed E-state index contributed by atoms with van der Waals surface area (Å²) in [6.07, 6.45) is 0. The highest BCUT2D eigenvalue weighted by molar-refractivity contribution is 7.46. The van der Waals surface area contributed by atoms with E-state index in [0.29, 0.717) is 0 Å². The molecular weight excluding hydrogens is 376 g/mol. The SMILES string of the molecule is F[B-](F)(F)F.F[B-](F)(F)F.O=P(O)(F)F.O=P(O)(F)F. The molecule has 0 aromatic carbocycles. The highest BCUT2D eigenvalue weighted by atomic mass is 31.2. The van der Waals surface area contributed by atoms with E-state index in [9.17, 15) is 51.3 Å². The van der Waals surface area contributed by atoms with Crippen molar-refractivity contribution in [1.29, 1.82) is 0 Å². The van der Waals surface area contributed by atoms with Gasteiger partial charge in [0.15, 0.2) is 0 Å². The highest BCUT2D eigenvalue weighted by Gasteiger charge is 2.21. The fourth-order valence-electron chi connectivity index (χ4n) is 0. The van der Waals surface area contributed by atoms with E-state index in [-0.39, 0.29) is 0 Å². The van der Waals surface area contributed by atoms with Crippen LogP contribution >= 0.6 is 16.0 Å². The lowest BCUT2D eigenvalue weighted by Crippen LogP contribution is -2.02. The van der Waals surface area contributed by atoms with Crippen molar-refractivity contribution in [3.63, 3.8) is 0 Å². The number of rotatable bonds is 0. The maximum absolute atomic E-state index is 10.1. The molecular formula is H2B2F12O4P2-2. The predicted molar refractivity (Wildman–Crippen MR) is 44.5 cm³/mol. The maximum atomic E-state index is 10.1. The van der Waals surface area contributed by atoms with Crippen molar-refractivity contribution in [1.82, 2.24) is 0 Å². The molecule has 0 radical (unpaired) electrons. The second kappa shape index (κ2) is 10.4. The molecule has 2 N–H and O–H groups in total. The molecule has 20 heteroatoms. The van der Waals surface area contributed by atoms with Gasteiger partial charge in [-0.25, -0.2) is 9.13 Å². The second-order valence-corrected chi connectivity index (χ2v) is 3.60. The molecule has 4 nitrogen and oxygen atoms in total. The van der Waals surface area contributed by atoms with Crippen LogP contribution in [0.5, 0.6) is 0 Å². The van der Waals surface area contributed by atoms with Crippen LogP contribution in [0.4, 0.5) is 51.3 Å². The van der Waals surface area contributed by atoms with E-state index in [1.165, 1.54) is 0 Å². The molecule has 0 rings (SSSR count). The van der Waals surface area contributed by atoms with Gasteiger partial charge in [-0.05, 0) is 0 Å². The minimum absolute atomic E-state index is 5.64. The molecule has 0 fully saturated rings. The minimum atomic E-state index is -6.00. The Morgan fingerprint density at radius 1 is 0.550 bits per heavy atom. The lowest BCUT2D eigenvalue weighted by Gasteiger charge is -1.94. The Morgan fingerprint density at radius 2 is 0.550 bits per heavy atom. The van der Waals surface area contributed by atoms with Gasteiger partial charge < -0.3 is 34.5 Å². The molecule has 0 spiro atoms. The molecule has 0 saturated heterocycles. The van der Waals surface area contributed by atoms with Gasteiger partial charge in [0.05, 0.1) is 0 Å². The van der Waals surface area contributed by atoms with Crippen LogP contribution in [0.2, 0.25) is 0 Å². The van der Waals surface area contributed by atoms with Crippen LogP contribution in [0.1, 0.15) is 0 Å². The highest BCUT2D eigenvalue weighted by Crippen LogP contribution is 2.43. The molecule has 0 aromatic rings. The van der Waals surface area contributed by atoms with Crippen LogP contribution in [0.3, 0.4) is 0 Å². The first kappa shape index (κ1) is 27.9. The standard InChI is InChI=1S/2BF4.2F2HO2P/c2*2-1(3,4)5;2*1-5(2,3)4/h;;2*(H,3,4)/q2*-1;;. The first-order valence-corrected chi connectivity index (χ1v) is 6.07. The van der Waals surface area contributed by atoms with Crippen LogP contribution in [0.25, 0.3) is 0 Å². The van der Waals surface area contributed by atoms with Gasteiger partial charge >= 0.3 is 30.5 Å². The summed E-state index contributed by atoms with van der Waals surface area (Å²) in [7, 11) is -23.3. The fraction of sp³-hybridized carbons (Fsp3) is 0. The summed E-state index contributed by atoms with van der Waals surface area (Å²) >= 11 is 0. The Labute approximate surface area is 102 Å². The van der Waals surface area contributed by atoms with Crippen LogP contribution in [0, 0.1) is 0 Å². The van der Waals surface area contributed by atoms with E-state index >= 15 is 0 Å². The van der Waals surface area contributed by atoms with E-state index in [1.807, 2.05) is 0 Å². The molecule has 0 amide bonds. The van der Waals surface area contributed by atoms with Gasteiger partial charge in [0.2, 0.25) is 0 Å². The molecule has 20 heavy (non-hydrogen) atoms. The first-order valence-electron chi connectivity index (χ1n) is 3.19. The zero-order valence-electron chi connectivity index (χ0n) is 8.30. The summed E-state index contributed by atoms with van der Waals surface area (Å²) in [6, 6.07) is 0. The molecule has 0 saturated carbocycles. The molecule has 0 bridgehead atoms. The van der Waals surface area contributed by atoms with Gasteiger partial charge in [0.25, 0.3) is 0 Å². The number of halogens is 12. The third-order valence-corrected chi connectivity index (χ3v) is 0. The third-order valence-electron chi connectivity index (χ3n) is 0. The predicted octanol–water partition coefficient (Wildman–Crippen LogP) is 4.65. The Bertz CT molecular complexity index is 248. The number of hydrogen-bond donors (Lipinski definition) is 2. The summed E-state index contributed by atoms with van der Waals surface area (Å²) < 4.78 is 135. The van der Waals surface area contributed by atoms with Crippen LogP contribution in [-0.4, -0.2) is 24.3 Å². The van der Waals surface area contributed by atoms with Crippen molar-refractivity contribution in [2.45, 2.75) is 0 Å². The average molecular weight is 378 g/mol. The van der Waals surface area contributed by atoms with E-state index in [2.05, 4.69) is 0 Å². The Kier molecular flexibility index (Phi) is 14.5. The fourth-order valence-corrected chi connectivity index (χ4v) is 0. The van der Waals surface area contributed by atoms with Gasteiger partial charge in [0.1, 0.15) is 0 Å². The molecule has 0 unspecified atom stereocenters. The van der Waals surface area contributed by atoms with Crippen molar-refractivity contribution in [2.24, 2.45) is 0 Å². The normalized spacial score (nSPS) is 11.9. The van der Waals surface area contributed by atoms with Gasteiger partial charge in [0, 0.05) is 0 Å². The zero-order chi connectivity index (χ0) is 18.0. The van der Waals surface area contributed by atoms with Crippen molar-refractivity contribution < 1.29 is 70.2 Å². The molecule has 0 aromatic heterocycles. The molecule has 0 atom stereocenters. The molecule has 128 valence electrons. The summed E-state index contributed by atoms with van der Waals surface area (Å²) in [4.78, 5) is 13.5. The monoisotopic (exact) mass is 378 g/mol. The molecule has 0 aliphatic rings. The Hall–Kier alpha value is -0.330. The van der Waals surface area contributed by atoms with E-state index < -0.39 is 30.5 Å². The maximum Gasteiger partial charge on any atom is 0.673 e.